The second kappa shape index (κ2) is 5.97. The molecular weight excluding hydrogens is 284 g/mol. The summed E-state index contributed by atoms with van der Waals surface area (Å²) in [5.41, 5.74) is 4.45. The van der Waals surface area contributed by atoms with E-state index >= 15 is 0 Å². The first-order chi connectivity index (χ1) is 10.6. The molecule has 22 heavy (non-hydrogen) atoms. The van der Waals surface area contributed by atoms with Crippen LogP contribution in [0.15, 0.2) is 77.4 Å². The summed E-state index contributed by atoms with van der Waals surface area (Å²) in [5.74, 6) is 0.934. The molecule has 0 saturated carbocycles. The van der Waals surface area contributed by atoms with E-state index < -0.39 is 8.07 Å². The zero-order chi connectivity index (χ0) is 15.6. The molecule has 0 saturated heterocycles. The van der Waals surface area contributed by atoms with E-state index in [1.54, 1.807) is 6.26 Å². The number of furan rings is 1. The van der Waals surface area contributed by atoms with Gasteiger partial charge in [-0.2, -0.15) is 0 Å². The minimum Gasteiger partial charge on any atom is -0.464 e. The van der Waals surface area contributed by atoms with Gasteiger partial charge in [0.15, 0.2) is 0 Å². The molecule has 2 aromatic carbocycles. The highest BCUT2D eigenvalue weighted by atomic mass is 28.3. The van der Waals surface area contributed by atoms with Gasteiger partial charge in [0.05, 0.1) is 14.3 Å². The van der Waals surface area contributed by atoms with E-state index in [1.807, 2.05) is 12.1 Å². The first kappa shape index (κ1) is 14.9. The molecule has 1 heterocycles. The molecule has 0 amide bonds. The highest BCUT2D eigenvalue weighted by molar-refractivity contribution is 6.78. The van der Waals surface area contributed by atoms with Crippen LogP contribution in [0.1, 0.15) is 16.7 Å². The zero-order valence-corrected chi connectivity index (χ0v) is 14.4. The SMILES string of the molecule is C[Si](C)(C)C(c1ccccc1)c1cccc(-c2ccco2)c1. The Labute approximate surface area is 133 Å². The van der Waals surface area contributed by atoms with Gasteiger partial charge in [0.1, 0.15) is 5.76 Å². The summed E-state index contributed by atoms with van der Waals surface area (Å²) in [6, 6.07) is 23.6. The van der Waals surface area contributed by atoms with Crippen LogP contribution < -0.4 is 0 Å². The maximum Gasteiger partial charge on any atom is 0.133 e. The van der Waals surface area contributed by atoms with Gasteiger partial charge >= 0.3 is 0 Å². The smallest absolute Gasteiger partial charge is 0.133 e. The second-order valence-corrected chi connectivity index (χ2v) is 12.1. The molecule has 3 rings (SSSR count). The van der Waals surface area contributed by atoms with Crippen LogP contribution in [-0.4, -0.2) is 8.07 Å². The quantitative estimate of drug-likeness (QED) is 0.542. The van der Waals surface area contributed by atoms with Crippen LogP contribution in [0.3, 0.4) is 0 Å². The van der Waals surface area contributed by atoms with Crippen molar-refractivity contribution in [1.29, 1.82) is 0 Å². The van der Waals surface area contributed by atoms with Crippen molar-refractivity contribution in [1.82, 2.24) is 0 Å². The standard InChI is InChI=1S/C20H22OSi/c1-22(2,3)20(16-9-5-4-6-10-16)18-12-7-11-17(15-18)19-13-8-14-21-19/h4-15,20H,1-3H3. The van der Waals surface area contributed by atoms with E-state index in [4.69, 9.17) is 4.42 Å². The van der Waals surface area contributed by atoms with Gasteiger partial charge < -0.3 is 4.42 Å². The van der Waals surface area contributed by atoms with Crippen molar-refractivity contribution < 1.29 is 4.42 Å². The van der Waals surface area contributed by atoms with Crippen LogP contribution in [0.25, 0.3) is 11.3 Å². The first-order valence-corrected chi connectivity index (χ1v) is 11.3. The number of rotatable bonds is 4. The largest absolute Gasteiger partial charge is 0.464 e. The van der Waals surface area contributed by atoms with Gasteiger partial charge in [0.2, 0.25) is 0 Å². The van der Waals surface area contributed by atoms with Crippen LogP contribution in [0.5, 0.6) is 0 Å². The summed E-state index contributed by atoms with van der Waals surface area (Å²) >= 11 is 0. The van der Waals surface area contributed by atoms with E-state index in [0.29, 0.717) is 5.54 Å². The lowest BCUT2D eigenvalue weighted by molar-refractivity contribution is 0.582. The third-order valence-electron chi connectivity index (χ3n) is 4.02. The molecule has 112 valence electrons. The minimum absolute atomic E-state index is 0.489. The lowest BCUT2D eigenvalue weighted by Gasteiger charge is -2.30. The topological polar surface area (TPSA) is 13.1 Å². The highest BCUT2D eigenvalue weighted by Crippen LogP contribution is 2.35. The Morgan fingerprint density at radius 1 is 0.773 bits per heavy atom. The van der Waals surface area contributed by atoms with Gasteiger partial charge in [-0.15, -0.1) is 0 Å². The van der Waals surface area contributed by atoms with E-state index in [2.05, 4.69) is 74.2 Å². The fourth-order valence-corrected chi connectivity index (χ4v) is 5.52. The van der Waals surface area contributed by atoms with Crippen LogP contribution in [0.4, 0.5) is 0 Å². The van der Waals surface area contributed by atoms with E-state index in [0.717, 1.165) is 11.3 Å². The minimum atomic E-state index is -1.41. The van der Waals surface area contributed by atoms with E-state index in [9.17, 15) is 0 Å². The molecule has 3 aromatic rings. The molecule has 0 aliphatic rings. The van der Waals surface area contributed by atoms with Crippen LogP contribution >= 0.6 is 0 Å². The zero-order valence-electron chi connectivity index (χ0n) is 13.4. The van der Waals surface area contributed by atoms with E-state index in [1.165, 1.54) is 11.1 Å². The summed E-state index contributed by atoms with van der Waals surface area (Å²) in [7, 11) is -1.41. The lowest BCUT2D eigenvalue weighted by Crippen LogP contribution is -2.31. The predicted octanol–water partition coefficient (Wildman–Crippen LogP) is 5.96. The first-order valence-electron chi connectivity index (χ1n) is 7.74. The molecule has 0 fully saturated rings. The molecule has 0 aliphatic carbocycles. The molecule has 2 heteroatoms. The average molecular weight is 306 g/mol. The van der Waals surface area contributed by atoms with Gasteiger partial charge in [-0.25, -0.2) is 0 Å². The normalized spacial score (nSPS) is 13.0. The van der Waals surface area contributed by atoms with Gasteiger partial charge in [-0.1, -0.05) is 68.2 Å². The summed E-state index contributed by atoms with van der Waals surface area (Å²) in [6.45, 7) is 7.30. The monoisotopic (exact) mass is 306 g/mol. The van der Waals surface area contributed by atoms with Crippen molar-refractivity contribution in [2.45, 2.75) is 25.2 Å². The lowest BCUT2D eigenvalue weighted by atomic mass is 10.0. The molecule has 1 aromatic heterocycles. The summed E-state index contributed by atoms with van der Waals surface area (Å²) in [5, 5.41) is 0. The summed E-state index contributed by atoms with van der Waals surface area (Å²) in [4.78, 5) is 0. The Hall–Kier alpha value is -2.06. The molecule has 1 nitrogen and oxygen atoms in total. The van der Waals surface area contributed by atoms with Crippen molar-refractivity contribution in [2.75, 3.05) is 0 Å². The van der Waals surface area contributed by atoms with Crippen molar-refractivity contribution >= 4 is 8.07 Å². The Kier molecular flexibility index (Phi) is 4.03. The van der Waals surface area contributed by atoms with Crippen LogP contribution in [0, 0.1) is 0 Å². The summed E-state index contributed by atoms with van der Waals surface area (Å²) < 4.78 is 5.56. The Bertz CT molecular complexity index is 724. The van der Waals surface area contributed by atoms with Crippen LogP contribution in [0.2, 0.25) is 19.6 Å². The molecule has 1 unspecified atom stereocenters. The fraction of sp³-hybridized carbons (Fsp3) is 0.200. The maximum atomic E-state index is 5.56. The highest BCUT2D eigenvalue weighted by Gasteiger charge is 2.29. The predicted molar refractivity (Wildman–Crippen MR) is 95.8 cm³/mol. The van der Waals surface area contributed by atoms with Crippen LogP contribution in [-0.2, 0) is 0 Å². The van der Waals surface area contributed by atoms with Gasteiger partial charge in [0, 0.05) is 11.1 Å². The molecule has 0 spiro atoms. The van der Waals surface area contributed by atoms with Crippen molar-refractivity contribution in [3.8, 4) is 11.3 Å². The Morgan fingerprint density at radius 3 is 2.14 bits per heavy atom. The molecule has 0 radical (unpaired) electrons. The summed E-state index contributed by atoms with van der Waals surface area (Å²) in [6.07, 6.45) is 1.73. The average Bonchev–Trinajstić information content (AvgIpc) is 3.02. The third-order valence-corrected chi connectivity index (χ3v) is 6.42. The van der Waals surface area contributed by atoms with Crippen molar-refractivity contribution in [2.24, 2.45) is 0 Å². The molecule has 0 aliphatic heterocycles. The van der Waals surface area contributed by atoms with Gasteiger partial charge in [-0.05, 0) is 29.3 Å². The molecule has 0 bridgehead atoms. The maximum absolute atomic E-state index is 5.56. The van der Waals surface area contributed by atoms with Crippen molar-refractivity contribution in [3.05, 3.63) is 84.1 Å². The number of benzene rings is 2. The molecule has 1 atom stereocenters. The molecular formula is C20H22OSi. The fourth-order valence-electron chi connectivity index (χ4n) is 3.15. The van der Waals surface area contributed by atoms with Gasteiger partial charge in [-0.3, -0.25) is 0 Å². The third kappa shape index (κ3) is 3.07. The van der Waals surface area contributed by atoms with E-state index in [-0.39, 0.29) is 0 Å². The second-order valence-electron chi connectivity index (χ2n) is 6.81. The number of hydrogen-bond acceptors (Lipinski definition) is 1. The Morgan fingerprint density at radius 2 is 1.50 bits per heavy atom. The Balaban J connectivity index is 2.08. The number of hydrogen-bond donors (Lipinski definition) is 0. The van der Waals surface area contributed by atoms with Gasteiger partial charge in [0.25, 0.3) is 0 Å². The molecule has 0 N–H and O–H groups in total. The van der Waals surface area contributed by atoms with Crippen molar-refractivity contribution in [3.63, 3.8) is 0 Å².